The molecule has 0 spiro atoms. The third-order valence-corrected chi connectivity index (χ3v) is 9.10. The summed E-state index contributed by atoms with van der Waals surface area (Å²) in [5.41, 5.74) is 7.36. The van der Waals surface area contributed by atoms with Crippen molar-refractivity contribution in [3.63, 3.8) is 0 Å². The van der Waals surface area contributed by atoms with Gasteiger partial charge >= 0.3 is 0 Å². The molecule has 2 heterocycles. The first-order valence-corrected chi connectivity index (χ1v) is 16.1. The molecule has 0 saturated carbocycles. The number of rotatable bonds is 10. The minimum atomic E-state index is -0.423. The summed E-state index contributed by atoms with van der Waals surface area (Å²) in [4.78, 5) is 13.0. The lowest BCUT2D eigenvalue weighted by Gasteiger charge is -2.26. The molecule has 0 N–H and O–H groups in total. The Labute approximate surface area is 276 Å². The van der Waals surface area contributed by atoms with Crippen LogP contribution in [0.25, 0.3) is 43.6 Å². The lowest BCUT2D eigenvalue weighted by Crippen LogP contribution is -2.30. The van der Waals surface area contributed by atoms with E-state index in [0.717, 1.165) is 31.9 Å². The van der Waals surface area contributed by atoms with Crippen LogP contribution < -0.4 is 4.90 Å². The van der Waals surface area contributed by atoms with Crippen LogP contribution in [0.5, 0.6) is 0 Å². The Bertz CT molecular complexity index is 2220. The van der Waals surface area contributed by atoms with Crippen LogP contribution in [0.4, 0.5) is 22.7 Å². The summed E-state index contributed by atoms with van der Waals surface area (Å²) < 4.78 is 4.87. The van der Waals surface area contributed by atoms with Gasteiger partial charge in [0.2, 0.25) is 0 Å². The van der Waals surface area contributed by atoms with Crippen LogP contribution in [0, 0.1) is 10.1 Å². The van der Waals surface area contributed by atoms with E-state index in [1.807, 2.05) is 12.1 Å². The van der Waals surface area contributed by atoms with E-state index in [1.54, 1.807) is 12.1 Å². The predicted molar refractivity (Wildman–Crippen MR) is 195 cm³/mol. The van der Waals surface area contributed by atoms with Crippen LogP contribution in [0.2, 0.25) is 0 Å². The molecule has 0 radical (unpaired) electrons. The molecule has 0 atom stereocenters. The van der Waals surface area contributed by atoms with Crippen molar-refractivity contribution >= 4 is 66.4 Å². The summed E-state index contributed by atoms with van der Waals surface area (Å²) in [6.07, 6.45) is 0. The summed E-state index contributed by atoms with van der Waals surface area (Å²) in [5, 5.41) is 24.7. The van der Waals surface area contributed by atoms with Gasteiger partial charge in [-0.2, -0.15) is 10.2 Å². The number of aromatic nitrogens is 2. The third-order valence-electron chi connectivity index (χ3n) is 9.10. The van der Waals surface area contributed by atoms with Gasteiger partial charge in [0.25, 0.3) is 5.69 Å². The molecule has 8 aromatic rings. The van der Waals surface area contributed by atoms with E-state index in [0.29, 0.717) is 11.4 Å². The van der Waals surface area contributed by atoms with Crippen molar-refractivity contribution in [3.8, 4) is 0 Å². The summed E-state index contributed by atoms with van der Waals surface area (Å²) >= 11 is 0. The van der Waals surface area contributed by atoms with E-state index in [2.05, 4.69) is 133 Å². The van der Waals surface area contributed by atoms with Crippen molar-refractivity contribution in [2.24, 2.45) is 10.2 Å². The minimum Gasteiger partial charge on any atom is -0.368 e. The molecule has 0 aliphatic carbocycles. The van der Waals surface area contributed by atoms with Crippen molar-refractivity contribution in [2.75, 3.05) is 18.0 Å². The van der Waals surface area contributed by atoms with Crippen molar-refractivity contribution in [3.05, 3.63) is 156 Å². The fourth-order valence-electron chi connectivity index (χ4n) is 6.79. The van der Waals surface area contributed by atoms with E-state index >= 15 is 0 Å². The number of nitro benzene ring substituents is 1. The number of nitrogens with zero attached hydrogens (tertiary/aromatic N) is 6. The van der Waals surface area contributed by atoms with E-state index in [4.69, 9.17) is 0 Å². The quantitative estimate of drug-likeness (QED) is 0.0858. The van der Waals surface area contributed by atoms with Gasteiger partial charge in [0.05, 0.1) is 16.3 Å². The Morgan fingerprint density at radius 3 is 1.23 bits per heavy atom. The normalized spacial score (nSPS) is 11.8. The van der Waals surface area contributed by atoms with Gasteiger partial charge in [0, 0.05) is 87.6 Å². The summed E-state index contributed by atoms with van der Waals surface area (Å²) in [6, 6.07) is 48.8. The number of non-ortho nitro benzene ring substituents is 1. The van der Waals surface area contributed by atoms with Gasteiger partial charge in [-0.1, -0.05) is 72.8 Å². The Balaban J connectivity index is 1.10. The standard InChI is InChI=1S/C40H32N6O2/c47-46(48)32-23-19-30(20-24-32)42-41-29-17-21-31(22-18-29)43(25-27-44-37-13-5-1-9-33(37)34-10-2-6-14-38(34)44)26-28-45-39-15-7-3-11-35(39)36-12-4-8-16-40(36)45/h1-24H,25-28H2. The van der Waals surface area contributed by atoms with Crippen molar-refractivity contribution < 1.29 is 4.92 Å². The molecular weight excluding hydrogens is 596 g/mol. The van der Waals surface area contributed by atoms with Crippen LogP contribution in [-0.4, -0.2) is 27.1 Å². The van der Waals surface area contributed by atoms with Gasteiger partial charge in [-0.3, -0.25) is 10.1 Å². The second-order valence-corrected chi connectivity index (χ2v) is 11.8. The molecule has 6 aromatic carbocycles. The highest BCUT2D eigenvalue weighted by atomic mass is 16.6. The Hall–Kier alpha value is -6.28. The topological polar surface area (TPSA) is 81.0 Å². The molecule has 0 saturated heterocycles. The maximum Gasteiger partial charge on any atom is 0.269 e. The average molecular weight is 629 g/mol. The monoisotopic (exact) mass is 628 g/mol. The second kappa shape index (κ2) is 12.5. The Morgan fingerprint density at radius 1 is 0.500 bits per heavy atom. The molecule has 8 nitrogen and oxygen atoms in total. The molecule has 0 unspecified atom stereocenters. The van der Waals surface area contributed by atoms with Gasteiger partial charge in [0.15, 0.2) is 0 Å². The molecule has 0 aliphatic heterocycles. The molecule has 234 valence electrons. The van der Waals surface area contributed by atoms with Crippen LogP contribution in [0.3, 0.4) is 0 Å². The van der Waals surface area contributed by atoms with Gasteiger partial charge in [-0.15, -0.1) is 0 Å². The zero-order chi connectivity index (χ0) is 32.5. The number of para-hydroxylation sites is 4. The van der Waals surface area contributed by atoms with E-state index < -0.39 is 4.92 Å². The lowest BCUT2D eigenvalue weighted by molar-refractivity contribution is -0.384. The molecular formula is C40H32N6O2. The van der Waals surface area contributed by atoms with Gasteiger partial charge in [-0.05, 0) is 60.7 Å². The maximum absolute atomic E-state index is 11.0. The highest BCUT2D eigenvalue weighted by molar-refractivity contribution is 6.08. The van der Waals surface area contributed by atoms with Crippen molar-refractivity contribution in [1.29, 1.82) is 0 Å². The summed E-state index contributed by atoms with van der Waals surface area (Å²) in [7, 11) is 0. The number of anilines is 1. The summed E-state index contributed by atoms with van der Waals surface area (Å²) in [5.74, 6) is 0. The van der Waals surface area contributed by atoms with E-state index in [1.165, 1.54) is 55.7 Å². The minimum absolute atomic E-state index is 0.0280. The van der Waals surface area contributed by atoms with Crippen LogP contribution in [0.15, 0.2) is 156 Å². The van der Waals surface area contributed by atoms with Gasteiger partial charge in [0.1, 0.15) is 0 Å². The zero-order valence-corrected chi connectivity index (χ0v) is 26.2. The van der Waals surface area contributed by atoms with Crippen molar-refractivity contribution in [2.45, 2.75) is 13.1 Å². The maximum atomic E-state index is 11.0. The van der Waals surface area contributed by atoms with Crippen molar-refractivity contribution in [1.82, 2.24) is 9.13 Å². The smallest absolute Gasteiger partial charge is 0.269 e. The molecule has 48 heavy (non-hydrogen) atoms. The number of hydrogen-bond donors (Lipinski definition) is 0. The lowest BCUT2D eigenvalue weighted by atomic mass is 10.2. The molecule has 0 bridgehead atoms. The highest BCUT2D eigenvalue weighted by Crippen LogP contribution is 2.31. The fraction of sp³-hybridized carbons (Fsp3) is 0.100. The third kappa shape index (κ3) is 5.43. The first-order chi connectivity index (χ1) is 23.6. The molecule has 8 heteroatoms. The van der Waals surface area contributed by atoms with E-state index in [9.17, 15) is 10.1 Å². The number of fused-ring (bicyclic) bond motifs is 6. The van der Waals surface area contributed by atoms with E-state index in [-0.39, 0.29) is 5.69 Å². The molecule has 0 fully saturated rings. The number of hydrogen-bond acceptors (Lipinski definition) is 5. The van der Waals surface area contributed by atoms with Crippen LogP contribution in [-0.2, 0) is 13.1 Å². The number of azo groups is 1. The van der Waals surface area contributed by atoms with Gasteiger partial charge in [-0.25, -0.2) is 0 Å². The second-order valence-electron chi connectivity index (χ2n) is 11.8. The Kier molecular flexibility index (Phi) is 7.58. The number of nitro groups is 1. The number of benzene rings is 6. The average Bonchev–Trinajstić information content (AvgIpc) is 3.64. The first-order valence-electron chi connectivity index (χ1n) is 16.1. The van der Waals surface area contributed by atoms with Crippen LogP contribution in [0.1, 0.15) is 0 Å². The predicted octanol–water partition coefficient (Wildman–Crippen LogP) is 10.4. The molecule has 8 rings (SSSR count). The Morgan fingerprint density at radius 2 is 0.854 bits per heavy atom. The fourth-order valence-corrected chi connectivity index (χ4v) is 6.79. The highest BCUT2D eigenvalue weighted by Gasteiger charge is 2.15. The zero-order valence-electron chi connectivity index (χ0n) is 26.2. The molecule has 0 amide bonds. The molecule has 0 aliphatic rings. The van der Waals surface area contributed by atoms with Crippen LogP contribution >= 0.6 is 0 Å². The first kappa shape index (κ1) is 29.1. The SMILES string of the molecule is O=[N+]([O-])c1ccc(N=Nc2ccc(N(CCn3c4ccccc4c4ccccc43)CCn3c4ccccc4c4ccccc43)cc2)cc1. The largest absolute Gasteiger partial charge is 0.368 e. The van der Waals surface area contributed by atoms with Gasteiger partial charge < -0.3 is 14.0 Å². The molecule has 2 aromatic heterocycles. The summed E-state index contributed by atoms with van der Waals surface area (Å²) in [6.45, 7) is 3.26.